The van der Waals surface area contributed by atoms with Crippen LogP contribution in [0, 0.1) is 13.8 Å². The average molecular weight is 329 g/mol. The van der Waals surface area contributed by atoms with E-state index in [1.807, 2.05) is 49.4 Å². The molecule has 0 spiro atoms. The van der Waals surface area contributed by atoms with Crippen molar-refractivity contribution in [3.8, 4) is 0 Å². The molecule has 1 N–H and O–H groups in total. The van der Waals surface area contributed by atoms with Crippen molar-refractivity contribution < 1.29 is 9.21 Å². The number of carbonyl (C=O) groups is 1. The van der Waals surface area contributed by atoms with Crippen molar-refractivity contribution in [2.24, 2.45) is 0 Å². The molecule has 0 bridgehead atoms. The number of furan rings is 1. The van der Waals surface area contributed by atoms with Crippen molar-refractivity contribution in [2.45, 2.75) is 20.3 Å². The zero-order valence-corrected chi connectivity index (χ0v) is 14.3. The highest BCUT2D eigenvalue weighted by Gasteiger charge is 2.13. The van der Waals surface area contributed by atoms with E-state index in [0.29, 0.717) is 6.42 Å². The summed E-state index contributed by atoms with van der Waals surface area (Å²) in [5, 5.41) is 6.30. The van der Waals surface area contributed by atoms with Crippen LogP contribution in [0.25, 0.3) is 21.7 Å². The molecule has 4 rings (SSSR count). The molecular weight excluding hydrogens is 310 g/mol. The first-order chi connectivity index (χ1) is 12.1. The lowest BCUT2D eigenvalue weighted by molar-refractivity contribution is -0.115. The topological polar surface area (TPSA) is 42.2 Å². The van der Waals surface area contributed by atoms with Gasteiger partial charge in [-0.25, -0.2) is 0 Å². The number of rotatable bonds is 3. The van der Waals surface area contributed by atoms with Crippen molar-refractivity contribution in [2.75, 3.05) is 5.32 Å². The molecule has 0 aliphatic rings. The van der Waals surface area contributed by atoms with Crippen LogP contribution in [0.2, 0.25) is 0 Å². The second kappa shape index (κ2) is 6.10. The van der Waals surface area contributed by atoms with Crippen molar-refractivity contribution in [3.05, 3.63) is 77.6 Å². The van der Waals surface area contributed by atoms with E-state index in [2.05, 4.69) is 24.4 Å². The molecule has 4 aromatic rings. The van der Waals surface area contributed by atoms with Gasteiger partial charge in [0, 0.05) is 16.6 Å². The lowest BCUT2D eigenvalue weighted by atomic mass is 10.0. The Bertz CT molecular complexity index is 1090. The molecule has 0 saturated carbocycles. The molecular formula is C22H19NO2. The number of hydrogen-bond acceptors (Lipinski definition) is 2. The average Bonchev–Trinajstić information content (AvgIpc) is 2.97. The quantitative estimate of drug-likeness (QED) is 0.548. The first kappa shape index (κ1) is 15.5. The SMILES string of the molecule is Cc1cc(C)c2c(CC(=O)Nc3ccc4ccccc4c3)coc2c1. The third kappa shape index (κ3) is 3.01. The number of fused-ring (bicyclic) bond motifs is 2. The third-order valence-electron chi connectivity index (χ3n) is 4.48. The third-order valence-corrected chi connectivity index (χ3v) is 4.48. The summed E-state index contributed by atoms with van der Waals surface area (Å²) in [7, 11) is 0. The molecule has 124 valence electrons. The largest absolute Gasteiger partial charge is 0.464 e. The maximum atomic E-state index is 12.5. The van der Waals surface area contributed by atoms with Gasteiger partial charge < -0.3 is 9.73 Å². The van der Waals surface area contributed by atoms with E-state index in [9.17, 15) is 4.79 Å². The summed E-state index contributed by atoms with van der Waals surface area (Å²) in [5.74, 6) is -0.0436. The van der Waals surface area contributed by atoms with Gasteiger partial charge in [-0.15, -0.1) is 0 Å². The Morgan fingerprint density at radius 1 is 1.00 bits per heavy atom. The Morgan fingerprint density at radius 2 is 1.80 bits per heavy atom. The molecule has 1 aromatic heterocycles. The molecule has 0 saturated heterocycles. The Hall–Kier alpha value is -3.07. The van der Waals surface area contributed by atoms with E-state index in [4.69, 9.17) is 4.42 Å². The van der Waals surface area contributed by atoms with Gasteiger partial charge in [0.1, 0.15) is 5.58 Å². The number of nitrogens with one attached hydrogen (secondary N) is 1. The fourth-order valence-electron chi connectivity index (χ4n) is 3.40. The lowest BCUT2D eigenvalue weighted by Crippen LogP contribution is -2.14. The van der Waals surface area contributed by atoms with Crippen LogP contribution in [0.3, 0.4) is 0 Å². The van der Waals surface area contributed by atoms with E-state index in [0.717, 1.165) is 44.1 Å². The van der Waals surface area contributed by atoms with Gasteiger partial charge in [0.05, 0.1) is 12.7 Å². The summed E-state index contributed by atoms with van der Waals surface area (Å²) >= 11 is 0. The monoisotopic (exact) mass is 329 g/mol. The van der Waals surface area contributed by atoms with Gasteiger partial charge in [0.25, 0.3) is 0 Å². The minimum absolute atomic E-state index is 0.0436. The van der Waals surface area contributed by atoms with Crippen LogP contribution in [0.1, 0.15) is 16.7 Å². The first-order valence-electron chi connectivity index (χ1n) is 8.36. The second-order valence-electron chi connectivity index (χ2n) is 6.50. The summed E-state index contributed by atoms with van der Waals surface area (Å²) in [5.41, 5.74) is 4.87. The van der Waals surface area contributed by atoms with E-state index < -0.39 is 0 Å². The van der Waals surface area contributed by atoms with Gasteiger partial charge in [-0.1, -0.05) is 36.4 Å². The van der Waals surface area contributed by atoms with Crippen LogP contribution in [0.15, 0.2) is 65.3 Å². The van der Waals surface area contributed by atoms with Crippen molar-refractivity contribution >= 4 is 33.3 Å². The van der Waals surface area contributed by atoms with Crippen molar-refractivity contribution in [3.63, 3.8) is 0 Å². The summed E-state index contributed by atoms with van der Waals surface area (Å²) in [4.78, 5) is 12.5. The van der Waals surface area contributed by atoms with E-state index >= 15 is 0 Å². The lowest BCUT2D eigenvalue weighted by Gasteiger charge is -2.07. The standard InChI is InChI=1S/C22H19NO2/c1-14-9-15(2)22-18(13-25-20(22)10-14)12-21(24)23-19-8-7-16-5-3-4-6-17(16)11-19/h3-11,13H,12H2,1-2H3,(H,23,24). The van der Waals surface area contributed by atoms with Crippen LogP contribution in [-0.4, -0.2) is 5.91 Å². The van der Waals surface area contributed by atoms with Crippen LogP contribution in [0.5, 0.6) is 0 Å². The summed E-state index contributed by atoms with van der Waals surface area (Å²) in [6, 6.07) is 18.2. The molecule has 3 heteroatoms. The molecule has 0 aliphatic heterocycles. The van der Waals surface area contributed by atoms with E-state index in [1.165, 1.54) is 0 Å². The smallest absolute Gasteiger partial charge is 0.228 e. The molecule has 0 fully saturated rings. The number of benzene rings is 3. The zero-order chi connectivity index (χ0) is 17.4. The highest BCUT2D eigenvalue weighted by Crippen LogP contribution is 2.27. The first-order valence-corrected chi connectivity index (χ1v) is 8.36. The van der Waals surface area contributed by atoms with Gasteiger partial charge >= 0.3 is 0 Å². The zero-order valence-electron chi connectivity index (χ0n) is 14.3. The molecule has 0 atom stereocenters. The predicted octanol–water partition coefficient (Wildman–Crippen LogP) is 5.38. The number of anilines is 1. The van der Waals surface area contributed by atoms with Crippen LogP contribution < -0.4 is 5.32 Å². The van der Waals surface area contributed by atoms with Crippen molar-refractivity contribution in [1.82, 2.24) is 0 Å². The second-order valence-corrected chi connectivity index (χ2v) is 6.50. The molecule has 0 aliphatic carbocycles. The van der Waals surface area contributed by atoms with Gasteiger partial charge in [0.2, 0.25) is 5.91 Å². The molecule has 0 radical (unpaired) electrons. The fourth-order valence-corrected chi connectivity index (χ4v) is 3.40. The minimum Gasteiger partial charge on any atom is -0.464 e. The van der Waals surface area contributed by atoms with Gasteiger partial charge in [-0.2, -0.15) is 0 Å². The Kier molecular flexibility index (Phi) is 3.77. The maximum Gasteiger partial charge on any atom is 0.228 e. The predicted molar refractivity (Wildman–Crippen MR) is 102 cm³/mol. The molecule has 0 unspecified atom stereocenters. The van der Waals surface area contributed by atoms with Gasteiger partial charge in [0.15, 0.2) is 0 Å². The molecule has 1 amide bonds. The molecule has 3 nitrogen and oxygen atoms in total. The Balaban J connectivity index is 1.57. The Morgan fingerprint density at radius 3 is 2.64 bits per heavy atom. The molecule has 3 aromatic carbocycles. The summed E-state index contributed by atoms with van der Waals surface area (Å²) in [6.45, 7) is 4.09. The highest BCUT2D eigenvalue weighted by molar-refractivity contribution is 5.98. The van der Waals surface area contributed by atoms with E-state index in [1.54, 1.807) is 6.26 Å². The van der Waals surface area contributed by atoms with Crippen LogP contribution in [-0.2, 0) is 11.2 Å². The van der Waals surface area contributed by atoms with Crippen molar-refractivity contribution in [1.29, 1.82) is 0 Å². The normalized spacial score (nSPS) is 11.1. The molecule has 1 heterocycles. The number of hydrogen-bond donors (Lipinski definition) is 1. The van der Waals surface area contributed by atoms with E-state index in [-0.39, 0.29) is 5.91 Å². The fraction of sp³-hybridized carbons (Fsp3) is 0.136. The number of amides is 1. The summed E-state index contributed by atoms with van der Waals surface area (Å²) < 4.78 is 5.64. The number of carbonyl (C=O) groups excluding carboxylic acids is 1. The maximum absolute atomic E-state index is 12.5. The number of aryl methyl sites for hydroxylation is 2. The van der Waals surface area contributed by atoms with Crippen LogP contribution >= 0.6 is 0 Å². The van der Waals surface area contributed by atoms with Gasteiger partial charge in [-0.05, 0) is 53.9 Å². The van der Waals surface area contributed by atoms with Crippen LogP contribution in [0.4, 0.5) is 5.69 Å². The molecule has 25 heavy (non-hydrogen) atoms. The Labute approximate surface area is 146 Å². The highest BCUT2D eigenvalue weighted by atomic mass is 16.3. The minimum atomic E-state index is -0.0436. The summed E-state index contributed by atoms with van der Waals surface area (Å²) in [6.07, 6.45) is 1.99. The van der Waals surface area contributed by atoms with Gasteiger partial charge in [-0.3, -0.25) is 4.79 Å².